The van der Waals surface area contributed by atoms with Crippen molar-refractivity contribution in [2.45, 2.75) is 37.2 Å². The van der Waals surface area contributed by atoms with Crippen LogP contribution >= 0.6 is 23.4 Å². The van der Waals surface area contributed by atoms with Crippen molar-refractivity contribution >= 4 is 23.4 Å². The highest BCUT2D eigenvalue weighted by Gasteiger charge is 2.14. The molecule has 0 atom stereocenters. The molecule has 84 valence electrons. The highest BCUT2D eigenvalue weighted by atomic mass is 35.5. The van der Waals surface area contributed by atoms with E-state index in [4.69, 9.17) is 16.3 Å². The Morgan fingerprint density at radius 2 is 2.07 bits per heavy atom. The predicted octanol–water partition coefficient (Wildman–Crippen LogP) is 3.17. The zero-order valence-corrected chi connectivity index (χ0v) is 10.9. The maximum Gasteiger partial charge on any atom is 0.156 e. The van der Waals surface area contributed by atoms with E-state index in [0.29, 0.717) is 17.6 Å². The third-order valence-electron chi connectivity index (χ3n) is 1.40. The Morgan fingerprint density at radius 3 is 2.60 bits per heavy atom. The van der Waals surface area contributed by atoms with E-state index >= 15 is 0 Å². The lowest BCUT2D eigenvalue weighted by molar-refractivity contribution is 0.177. The van der Waals surface area contributed by atoms with Crippen molar-refractivity contribution in [1.29, 1.82) is 0 Å². The molecule has 0 saturated carbocycles. The monoisotopic (exact) mass is 246 g/mol. The number of hydrogen-bond acceptors (Lipinski definition) is 4. The van der Waals surface area contributed by atoms with Crippen molar-refractivity contribution in [3.8, 4) is 0 Å². The normalized spacial score (nSPS) is 11.8. The summed E-state index contributed by atoms with van der Waals surface area (Å²) in [6.45, 7) is 6.77. The third-order valence-corrected chi connectivity index (χ3v) is 2.63. The van der Waals surface area contributed by atoms with Gasteiger partial charge in [0.15, 0.2) is 5.82 Å². The Bertz CT molecular complexity index is 339. The summed E-state index contributed by atoms with van der Waals surface area (Å²) in [5.74, 6) is 0.622. The van der Waals surface area contributed by atoms with Crippen LogP contribution in [-0.2, 0) is 11.3 Å². The van der Waals surface area contributed by atoms with Gasteiger partial charge in [-0.2, -0.15) is 0 Å². The molecule has 0 amide bonds. The summed E-state index contributed by atoms with van der Waals surface area (Å²) < 4.78 is 5.09. The van der Waals surface area contributed by atoms with E-state index in [2.05, 4.69) is 30.7 Å². The summed E-state index contributed by atoms with van der Waals surface area (Å²) >= 11 is 7.56. The second-order valence-electron chi connectivity index (χ2n) is 4.09. The minimum Gasteiger partial charge on any atom is -0.377 e. The van der Waals surface area contributed by atoms with Crippen LogP contribution in [0.2, 0.25) is 5.15 Å². The summed E-state index contributed by atoms with van der Waals surface area (Å²) in [5, 5.41) is 1.35. The average Bonchev–Trinajstić information content (AvgIpc) is 1.99. The van der Waals surface area contributed by atoms with Gasteiger partial charge < -0.3 is 4.74 Å². The van der Waals surface area contributed by atoms with Crippen LogP contribution in [0, 0.1) is 0 Å². The Labute approximate surface area is 99.6 Å². The van der Waals surface area contributed by atoms with Crippen LogP contribution in [0.3, 0.4) is 0 Å². The summed E-state index contributed by atoms with van der Waals surface area (Å²) in [5.41, 5.74) is 0. The van der Waals surface area contributed by atoms with E-state index in [0.717, 1.165) is 5.03 Å². The number of nitrogens with zero attached hydrogens (tertiary/aromatic N) is 2. The molecule has 1 aromatic heterocycles. The van der Waals surface area contributed by atoms with E-state index in [1.165, 1.54) is 0 Å². The number of rotatable bonds is 3. The molecular weight excluding hydrogens is 232 g/mol. The third kappa shape index (κ3) is 4.82. The lowest BCUT2D eigenvalue weighted by Gasteiger charge is -2.16. The first-order valence-electron chi connectivity index (χ1n) is 4.62. The molecular formula is C10H15ClN2OS. The van der Waals surface area contributed by atoms with Crippen molar-refractivity contribution in [2.75, 3.05) is 7.11 Å². The molecule has 0 spiro atoms. The molecule has 1 rings (SSSR count). The summed E-state index contributed by atoms with van der Waals surface area (Å²) in [6, 6.07) is 1.77. The molecule has 0 unspecified atom stereocenters. The lowest BCUT2D eigenvalue weighted by atomic mass is 10.3. The van der Waals surface area contributed by atoms with Crippen molar-refractivity contribution < 1.29 is 4.74 Å². The summed E-state index contributed by atoms with van der Waals surface area (Å²) in [7, 11) is 1.61. The molecule has 0 aliphatic carbocycles. The Hall–Kier alpha value is -0.320. The molecule has 1 heterocycles. The number of hydrogen-bond donors (Lipinski definition) is 0. The van der Waals surface area contributed by atoms with Gasteiger partial charge in [-0.1, -0.05) is 32.4 Å². The van der Waals surface area contributed by atoms with Crippen LogP contribution in [0.5, 0.6) is 0 Å². The van der Waals surface area contributed by atoms with Gasteiger partial charge in [0, 0.05) is 17.9 Å². The van der Waals surface area contributed by atoms with Gasteiger partial charge in [0.25, 0.3) is 0 Å². The Balaban J connectivity index is 2.88. The fourth-order valence-electron chi connectivity index (χ4n) is 1.00. The highest BCUT2D eigenvalue weighted by Crippen LogP contribution is 2.31. The zero-order chi connectivity index (χ0) is 11.5. The molecule has 0 N–H and O–H groups in total. The highest BCUT2D eigenvalue weighted by molar-refractivity contribution is 8.00. The van der Waals surface area contributed by atoms with Crippen molar-refractivity contribution in [3.05, 3.63) is 17.0 Å². The van der Waals surface area contributed by atoms with Gasteiger partial charge in [-0.15, -0.1) is 11.8 Å². The van der Waals surface area contributed by atoms with Crippen molar-refractivity contribution in [2.24, 2.45) is 0 Å². The smallest absolute Gasteiger partial charge is 0.156 e. The molecule has 0 saturated heterocycles. The van der Waals surface area contributed by atoms with Crippen molar-refractivity contribution in [3.63, 3.8) is 0 Å². The summed E-state index contributed by atoms with van der Waals surface area (Å²) in [4.78, 5) is 8.42. The lowest BCUT2D eigenvalue weighted by Crippen LogP contribution is -2.08. The second-order valence-corrected chi connectivity index (χ2v) is 6.33. The molecule has 3 nitrogen and oxygen atoms in total. The van der Waals surface area contributed by atoms with Gasteiger partial charge in [0.2, 0.25) is 0 Å². The first kappa shape index (κ1) is 12.7. The van der Waals surface area contributed by atoms with Crippen molar-refractivity contribution in [1.82, 2.24) is 9.97 Å². The van der Waals surface area contributed by atoms with Crippen LogP contribution in [-0.4, -0.2) is 21.8 Å². The number of halogens is 1. The molecule has 0 aliphatic heterocycles. The maximum absolute atomic E-state index is 5.89. The number of methoxy groups -OCH3 is 1. The van der Waals surface area contributed by atoms with Crippen LogP contribution in [0.1, 0.15) is 26.6 Å². The van der Waals surface area contributed by atoms with Gasteiger partial charge in [-0.3, -0.25) is 0 Å². The van der Waals surface area contributed by atoms with Crippen LogP contribution in [0.15, 0.2) is 11.1 Å². The fraction of sp³-hybridized carbons (Fsp3) is 0.600. The van der Waals surface area contributed by atoms with E-state index in [1.54, 1.807) is 24.9 Å². The SMILES string of the molecule is COCc1nc(Cl)cc(SC(C)(C)C)n1. The number of aromatic nitrogens is 2. The van der Waals surface area contributed by atoms with Gasteiger partial charge in [0.1, 0.15) is 16.8 Å². The van der Waals surface area contributed by atoms with Gasteiger partial charge in [-0.25, -0.2) is 9.97 Å². The first-order valence-corrected chi connectivity index (χ1v) is 5.81. The molecule has 0 fully saturated rings. The zero-order valence-electron chi connectivity index (χ0n) is 9.37. The molecule has 15 heavy (non-hydrogen) atoms. The fourth-order valence-corrected chi connectivity index (χ4v) is 2.22. The maximum atomic E-state index is 5.89. The standard InChI is InChI=1S/C10H15ClN2OS/c1-10(2,3)15-9-5-7(11)12-8(13-9)6-14-4/h5H,6H2,1-4H3. The second kappa shape index (κ2) is 5.14. The van der Waals surface area contributed by atoms with Crippen LogP contribution in [0.25, 0.3) is 0 Å². The molecule has 0 radical (unpaired) electrons. The Kier molecular flexibility index (Phi) is 4.37. The van der Waals surface area contributed by atoms with Gasteiger partial charge in [0.05, 0.1) is 0 Å². The summed E-state index contributed by atoms with van der Waals surface area (Å²) in [6.07, 6.45) is 0. The molecule has 0 bridgehead atoms. The quantitative estimate of drug-likeness (QED) is 0.606. The van der Waals surface area contributed by atoms with Crippen LogP contribution in [0.4, 0.5) is 0 Å². The van der Waals surface area contributed by atoms with E-state index in [1.807, 2.05) is 0 Å². The van der Waals surface area contributed by atoms with E-state index < -0.39 is 0 Å². The minimum absolute atomic E-state index is 0.113. The molecule has 0 aromatic carbocycles. The molecule has 1 aromatic rings. The number of thioether (sulfide) groups is 1. The predicted molar refractivity (Wildman–Crippen MR) is 63.4 cm³/mol. The molecule has 5 heteroatoms. The van der Waals surface area contributed by atoms with E-state index in [9.17, 15) is 0 Å². The largest absolute Gasteiger partial charge is 0.377 e. The minimum atomic E-state index is 0.113. The first-order chi connectivity index (χ1) is 6.90. The van der Waals surface area contributed by atoms with Crippen LogP contribution < -0.4 is 0 Å². The Morgan fingerprint density at radius 1 is 1.40 bits per heavy atom. The number of ether oxygens (including phenoxy) is 1. The topological polar surface area (TPSA) is 35.0 Å². The van der Waals surface area contributed by atoms with E-state index in [-0.39, 0.29) is 4.75 Å². The van der Waals surface area contributed by atoms with Gasteiger partial charge in [-0.05, 0) is 0 Å². The van der Waals surface area contributed by atoms with Gasteiger partial charge >= 0.3 is 0 Å². The average molecular weight is 247 g/mol. The molecule has 0 aliphatic rings.